The zero-order chi connectivity index (χ0) is 10.8. The highest BCUT2D eigenvalue weighted by Gasteiger charge is 2.28. The van der Waals surface area contributed by atoms with Gasteiger partial charge < -0.3 is 14.6 Å². The average Bonchev–Trinajstić information content (AvgIpc) is 2.61. The van der Waals surface area contributed by atoms with Gasteiger partial charge in [0.15, 0.2) is 6.10 Å². The summed E-state index contributed by atoms with van der Waals surface area (Å²) in [6, 6.07) is 5.37. The molecule has 0 fully saturated rings. The SMILES string of the molecule is CCOc1ccc2c(c1)CC(C(=O)O)O2. The molecule has 1 heterocycles. The number of hydrogen-bond donors (Lipinski definition) is 1. The predicted molar refractivity (Wildman–Crippen MR) is 53.4 cm³/mol. The second-order valence-electron chi connectivity index (χ2n) is 3.35. The summed E-state index contributed by atoms with van der Waals surface area (Å²) in [5, 5.41) is 8.80. The third-order valence-corrected chi connectivity index (χ3v) is 2.29. The zero-order valence-electron chi connectivity index (χ0n) is 8.40. The second-order valence-corrected chi connectivity index (χ2v) is 3.35. The van der Waals surface area contributed by atoms with E-state index in [0.29, 0.717) is 18.8 Å². The lowest BCUT2D eigenvalue weighted by Gasteiger charge is -2.04. The largest absolute Gasteiger partial charge is 0.494 e. The summed E-state index contributed by atoms with van der Waals surface area (Å²) < 4.78 is 10.6. The first-order valence-corrected chi connectivity index (χ1v) is 4.86. The van der Waals surface area contributed by atoms with Crippen LogP contribution in [0.15, 0.2) is 18.2 Å². The molecular formula is C11H12O4. The minimum absolute atomic E-state index is 0.408. The van der Waals surface area contributed by atoms with Crippen LogP contribution in [0.2, 0.25) is 0 Å². The summed E-state index contributed by atoms with van der Waals surface area (Å²) in [5.74, 6) is 0.473. The van der Waals surface area contributed by atoms with Gasteiger partial charge in [0.05, 0.1) is 6.61 Å². The van der Waals surface area contributed by atoms with Crippen LogP contribution in [0.3, 0.4) is 0 Å². The van der Waals surface area contributed by atoms with Crippen LogP contribution in [0.5, 0.6) is 11.5 Å². The van der Waals surface area contributed by atoms with Crippen LogP contribution in [0.25, 0.3) is 0 Å². The fraction of sp³-hybridized carbons (Fsp3) is 0.364. The highest BCUT2D eigenvalue weighted by Crippen LogP contribution is 2.31. The van der Waals surface area contributed by atoms with Crippen molar-refractivity contribution in [3.8, 4) is 11.5 Å². The van der Waals surface area contributed by atoms with Crippen LogP contribution in [-0.4, -0.2) is 23.8 Å². The third kappa shape index (κ3) is 1.88. The minimum atomic E-state index is -0.927. The molecule has 1 aromatic rings. The van der Waals surface area contributed by atoms with Crippen LogP contribution in [0.4, 0.5) is 0 Å². The Balaban J connectivity index is 2.20. The first-order valence-electron chi connectivity index (χ1n) is 4.86. The molecule has 1 aliphatic rings. The highest BCUT2D eigenvalue weighted by atomic mass is 16.5. The summed E-state index contributed by atoms with van der Waals surface area (Å²) in [6.45, 7) is 2.51. The van der Waals surface area contributed by atoms with Crippen molar-refractivity contribution in [1.82, 2.24) is 0 Å². The van der Waals surface area contributed by atoms with Crippen molar-refractivity contribution in [2.45, 2.75) is 19.4 Å². The Labute approximate surface area is 87.4 Å². The number of carboxylic acid groups (broad SMARTS) is 1. The summed E-state index contributed by atoms with van der Waals surface area (Å²) in [4.78, 5) is 10.7. The molecule has 0 aliphatic carbocycles. The topological polar surface area (TPSA) is 55.8 Å². The van der Waals surface area contributed by atoms with Crippen molar-refractivity contribution >= 4 is 5.97 Å². The molecule has 0 amide bonds. The van der Waals surface area contributed by atoms with E-state index in [1.54, 1.807) is 12.1 Å². The van der Waals surface area contributed by atoms with Crippen LogP contribution >= 0.6 is 0 Å². The lowest BCUT2D eigenvalue weighted by Crippen LogP contribution is -2.24. The van der Waals surface area contributed by atoms with E-state index in [9.17, 15) is 4.79 Å². The molecule has 1 unspecified atom stereocenters. The monoisotopic (exact) mass is 208 g/mol. The summed E-state index contributed by atoms with van der Waals surface area (Å²) >= 11 is 0. The van der Waals surface area contributed by atoms with E-state index in [4.69, 9.17) is 14.6 Å². The Morgan fingerprint density at radius 2 is 2.47 bits per heavy atom. The standard InChI is InChI=1S/C11H12O4/c1-2-14-8-3-4-9-7(5-8)6-10(15-9)11(12)13/h3-5,10H,2,6H2,1H3,(H,12,13). The van der Waals surface area contributed by atoms with E-state index < -0.39 is 12.1 Å². The molecule has 0 radical (unpaired) electrons. The fourth-order valence-corrected chi connectivity index (χ4v) is 1.62. The Morgan fingerprint density at radius 3 is 3.13 bits per heavy atom. The van der Waals surface area contributed by atoms with Crippen LogP contribution in [0.1, 0.15) is 12.5 Å². The Morgan fingerprint density at radius 1 is 1.67 bits per heavy atom. The number of carboxylic acids is 1. The van der Waals surface area contributed by atoms with Gasteiger partial charge in [0.1, 0.15) is 11.5 Å². The molecule has 0 spiro atoms. The number of fused-ring (bicyclic) bond motifs is 1. The van der Waals surface area contributed by atoms with Gasteiger partial charge in [-0.3, -0.25) is 0 Å². The third-order valence-electron chi connectivity index (χ3n) is 2.29. The minimum Gasteiger partial charge on any atom is -0.494 e. The molecule has 0 bridgehead atoms. The maximum Gasteiger partial charge on any atom is 0.345 e. The number of rotatable bonds is 3. The van der Waals surface area contributed by atoms with Gasteiger partial charge in [0, 0.05) is 12.0 Å². The van der Waals surface area contributed by atoms with Crippen molar-refractivity contribution in [3.63, 3.8) is 0 Å². The summed E-state index contributed by atoms with van der Waals surface area (Å²) in [5.41, 5.74) is 0.897. The molecule has 80 valence electrons. The van der Waals surface area contributed by atoms with E-state index in [2.05, 4.69) is 0 Å². The van der Waals surface area contributed by atoms with Gasteiger partial charge >= 0.3 is 5.97 Å². The van der Waals surface area contributed by atoms with Crippen molar-refractivity contribution in [2.24, 2.45) is 0 Å². The molecule has 2 rings (SSSR count). The predicted octanol–water partition coefficient (Wildman–Crippen LogP) is 1.47. The molecule has 0 saturated heterocycles. The zero-order valence-corrected chi connectivity index (χ0v) is 8.40. The maximum atomic E-state index is 10.7. The lowest BCUT2D eigenvalue weighted by molar-refractivity contribution is -0.144. The van der Waals surface area contributed by atoms with E-state index in [1.807, 2.05) is 13.0 Å². The molecular weight excluding hydrogens is 196 g/mol. The number of hydrogen-bond acceptors (Lipinski definition) is 3. The van der Waals surface area contributed by atoms with Crippen molar-refractivity contribution < 1.29 is 19.4 Å². The Bertz CT molecular complexity index is 386. The van der Waals surface area contributed by atoms with E-state index in [-0.39, 0.29) is 0 Å². The van der Waals surface area contributed by atoms with Crippen molar-refractivity contribution in [2.75, 3.05) is 6.61 Å². The Kier molecular flexibility index (Phi) is 2.49. The van der Waals surface area contributed by atoms with Gasteiger partial charge in [0.2, 0.25) is 0 Å². The van der Waals surface area contributed by atoms with E-state index in [1.165, 1.54) is 0 Å². The van der Waals surface area contributed by atoms with Crippen LogP contribution in [-0.2, 0) is 11.2 Å². The maximum absolute atomic E-state index is 10.7. The summed E-state index contributed by atoms with van der Waals surface area (Å²) in [6.07, 6.45) is -0.345. The lowest BCUT2D eigenvalue weighted by atomic mass is 10.1. The van der Waals surface area contributed by atoms with Crippen LogP contribution in [0, 0.1) is 0 Å². The van der Waals surface area contributed by atoms with Gasteiger partial charge in [-0.2, -0.15) is 0 Å². The van der Waals surface area contributed by atoms with Crippen molar-refractivity contribution in [1.29, 1.82) is 0 Å². The van der Waals surface area contributed by atoms with Gasteiger partial charge in [-0.15, -0.1) is 0 Å². The molecule has 1 N–H and O–H groups in total. The van der Waals surface area contributed by atoms with E-state index in [0.717, 1.165) is 11.3 Å². The average molecular weight is 208 g/mol. The van der Waals surface area contributed by atoms with Crippen LogP contribution < -0.4 is 9.47 Å². The molecule has 4 heteroatoms. The molecule has 0 aromatic heterocycles. The molecule has 15 heavy (non-hydrogen) atoms. The molecule has 0 saturated carbocycles. The first kappa shape index (κ1) is 9.83. The summed E-state index contributed by atoms with van der Waals surface area (Å²) in [7, 11) is 0. The molecule has 4 nitrogen and oxygen atoms in total. The number of benzene rings is 1. The normalized spacial score (nSPS) is 18.1. The number of aliphatic carboxylic acids is 1. The van der Waals surface area contributed by atoms with Gasteiger partial charge in [-0.05, 0) is 25.1 Å². The molecule has 1 aliphatic heterocycles. The molecule has 1 atom stereocenters. The first-order chi connectivity index (χ1) is 7.20. The quantitative estimate of drug-likeness (QED) is 0.817. The second kappa shape index (κ2) is 3.81. The van der Waals surface area contributed by atoms with Crippen molar-refractivity contribution in [3.05, 3.63) is 23.8 Å². The highest BCUT2D eigenvalue weighted by molar-refractivity contribution is 5.74. The number of ether oxygens (including phenoxy) is 2. The Hall–Kier alpha value is -1.71. The smallest absolute Gasteiger partial charge is 0.345 e. The van der Waals surface area contributed by atoms with Gasteiger partial charge in [-0.25, -0.2) is 4.79 Å². The van der Waals surface area contributed by atoms with Gasteiger partial charge in [-0.1, -0.05) is 0 Å². The van der Waals surface area contributed by atoms with E-state index >= 15 is 0 Å². The molecule has 1 aromatic carbocycles. The fourth-order valence-electron chi connectivity index (χ4n) is 1.62. The number of carbonyl (C=O) groups is 1. The van der Waals surface area contributed by atoms with Gasteiger partial charge in [0.25, 0.3) is 0 Å².